The molecule has 2 heterocycles. The number of phenols is 1. The second-order valence-corrected chi connectivity index (χ2v) is 7.69. The Bertz CT molecular complexity index is 486. The number of piperazine rings is 1. The van der Waals surface area contributed by atoms with Crippen LogP contribution < -0.4 is 0 Å². The monoisotopic (exact) mass is 402 g/mol. The third-order valence-corrected chi connectivity index (χ3v) is 5.74. The maximum atomic E-state index is 9.80. The van der Waals surface area contributed by atoms with Gasteiger partial charge in [-0.1, -0.05) is 0 Å². The number of hydrogen-bond acceptors (Lipinski definition) is 3. The van der Waals surface area contributed by atoms with Crippen molar-refractivity contribution in [1.82, 2.24) is 9.80 Å². The largest absolute Gasteiger partial charge is 0.506 e. The molecule has 0 bridgehead atoms. The zero-order valence-corrected chi connectivity index (χ0v) is 14.8. The van der Waals surface area contributed by atoms with E-state index >= 15 is 0 Å². The van der Waals surface area contributed by atoms with Crippen LogP contribution >= 0.6 is 31.9 Å². The van der Waals surface area contributed by atoms with Crippen molar-refractivity contribution in [2.45, 2.75) is 38.4 Å². The fourth-order valence-corrected chi connectivity index (χ4v) is 4.69. The zero-order chi connectivity index (χ0) is 14.3. The molecule has 20 heavy (non-hydrogen) atoms. The van der Waals surface area contributed by atoms with Gasteiger partial charge < -0.3 is 5.11 Å². The number of nitrogens with zero attached hydrogens (tertiary/aromatic N) is 2. The van der Waals surface area contributed by atoms with E-state index in [9.17, 15) is 5.11 Å². The molecule has 0 radical (unpaired) electrons. The molecule has 1 aromatic rings. The molecule has 2 saturated heterocycles. The first-order valence-electron chi connectivity index (χ1n) is 7.19. The Hall–Kier alpha value is -0.100. The van der Waals surface area contributed by atoms with E-state index in [1.807, 2.05) is 12.1 Å². The molecule has 3 rings (SSSR count). The summed E-state index contributed by atoms with van der Waals surface area (Å²) >= 11 is 6.83. The van der Waals surface area contributed by atoms with Gasteiger partial charge in [0, 0.05) is 31.7 Å². The van der Waals surface area contributed by atoms with Crippen LogP contribution in [-0.2, 0) is 6.54 Å². The van der Waals surface area contributed by atoms with Crippen LogP contribution in [0.3, 0.4) is 0 Å². The molecule has 5 heteroatoms. The minimum absolute atomic E-state index is 0.280. The van der Waals surface area contributed by atoms with Crippen LogP contribution in [0, 0.1) is 0 Å². The van der Waals surface area contributed by atoms with Crippen molar-refractivity contribution in [3.8, 4) is 5.75 Å². The molecule has 0 aromatic heterocycles. The lowest BCUT2D eigenvalue weighted by Gasteiger charge is -2.42. The van der Waals surface area contributed by atoms with E-state index in [0.29, 0.717) is 6.04 Å². The third kappa shape index (κ3) is 2.91. The van der Waals surface area contributed by atoms with Gasteiger partial charge in [0.1, 0.15) is 5.75 Å². The van der Waals surface area contributed by atoms with Gasteiger partial charge in [0.2, 0.25) is 0 Å². The Kier molecular flexibility index (Phi) is 4.41. The Morgan fingerprint density at radius 1 is 1.25 bits per heavy atom. The van der Waals surface area contributed by atoms with Crippen LogP contribution in [-0.4, -0.2) is 46.6 Å². The molecule has 0 saturated carbocycles. The molecule has 0 amide bonds. The van der Waals surface area contributed by atoms with E-state index in [4.69, 9.17) is 0 Å². The highest BCUT2D eigenvalue weighted by atomic mass is 79.9. The predicted molar refractivity (Wildman–Crippen MR) is 88.0 cm³/mol. The molecule has 0 aliphatic carbocycles. The fraction of sp³-hybridized carbons (Fsp3) is 0.600. The van der Waals surface area contributed by atoms with Gasteiger partial charge in [-0.25, -0.2) is 0 Å². The molecule has 0 spiro atoms. The van der Waals surface area contributed by atoms with Crippen molar-refractivity contribution >= 4 is 31.9 Å². The second-order valence-electron chi connectivity index (χ2n) is 5.98. The molecule has 2 fully saturated rings. The van der Waals surface area contributed by atoms with Crippen molar-refractivity contribution in [3.63, 3.8) is 0 Å². The quantitative estimate of drug-likeness (QED) is 0.817. The molecule has 3 nitrogen and oxygen atoms in total. The van der Waals surface area contributed by atoms with E-state index in [2.05, 4.69) is 48.6 Å². The Morgan fingerprint density at radius 3 is 2.65 bits per heavy atom. The van der Waals surface area contributed by atoms with Gasteiger partial charge >= 0.3 is 0 Å². The molecular weight excluding hydrogens is 384 g/mol. The Labute approximate surface area is 137 Å². The van der Waals surface area contributed by atoms with E-state index in [0.717, 1.165) is 28.1 Å². The number of hydrogen-bond donors (Lipinski definition) is 1. The fourth-order valence-electron chi connectivity index (χ4n) is 3.41. The maximum absolute atomic E-state index is 9.80. The van der Waals surface area contributed by atoms with Crippen molar-refractivity contribution in [3.05, 3.63) is 26.6 Å². The number of phenolic OH excluding ortho intramolecular Hbond substituents is 1. The van der Waals surface area contributed by atoms with E-state index in [1.165, 1.54) is 31.5 Å². The van der Waals surface area contributed by atoms with Crippen LogP contribution in [0.5, 0.6) is 5.75 Å². The minimum Gasteiger partial charge on any atom is -0.506 e. The van der Waals surface area contributed by atoms with Crippen LogP contribution in [0.2, 0.25) is 0 Å². The summed E-state index contributed by atoms with van der Waals surface area (Å²) in [5, 5.41) is 9.80. The van der Waals surface area contributed by atoms with Crippen molar-refractivity contribution < 1.29 is 5.11 Å². The average molecular weight is 404 g/mol. The van der Waals surface area contributed by atoms with Gasteiger partial charge in [0.25, 0.3) is 0 Å². The molecular formula is C15H20Br2N2O. The van der Waals surface area contributed by atoms with Gasteiger partial charge in [0.05, 0.1) is 8.95 Å². The van der Waals surface area contributed by atoms with Crippen molar-refractivity contribution in [2.75, 3.05) is 19.6 Å². The highest BCUT2D eigenvalue weighted by Crippen LogP contribution is 2.34. The molecule has 110 valence electrons. The number of fused-ring (bicyclic) bond motifs is 1. The normalized spacial score (nSPS) is 27.8. The lowest BCUT2D eigenvalue weighted by molar-refractivity contribution is 0.0540. The summed E-state index contributed by atoms with van der Waals surface area (Å²) in [5.74, 6) is 0.280. The van der Waals surface area contributed by atoms with Gasteiger partial charge in [-0.2, -0.15) is 0 Å². The molecule has 2 aliphatic heterocycles. The van der Waals surface area contributed by atoms with E-state index in [-0.39, 0.29) is 5.75 Å². The summed E-state index contributed by atoms with van der Waals surface area (Å²) in [6.07, 6.45) is 2.69. The Balaban J connectivity index is 1.74. The van der Waals surface area contributed by atoms with Crippen LogP contribution in [0.4, 0.5) is 0 Å². The second kappa shape index (κ2) is 5.95. The summed E-state index contributed by atoms with van der Waals surface area (Å²) in [7, 11) is 0. The van der Waals surface area contributed by atoms with E-state index in [1.54, 1.807) is 0 Å². The summed E-state index contributed by atoms with van der Waals surface area (Å²) in [4.78, 5) is 5.21. The first kappa shape index (κ1) is 14.8. The Morgan fingerprint density at radius 2 is 1.95 bits per heavy atom. The minimum atomic E-state index is 0.280. The highest BCUT2D eigenvalue weighted by molar-refractivity contribution is 9.11. The van der Waals surface area contributed by atoms with Gasteiger partial charge in [0.15, 0.2) is 0 Å². The lowest BCUT2D eigenvalue weighted by atomic mass is 10.1. The van der Waals surface area contributed by atoms with Crippen molar-refractivity contribution in [2.24, 2.45) is 0 Å². The summed E-state index contributed by atoms with van der Waals surface area (Å²) < 4.78 is 1.52. The lowest BCUT2D eigenvalue weighted by Crippen LogP contribution is -2.54. The molecule has 1 aromatic carbocycles. The van der Waals surface area contributed by atoms with Gasteiger partial charge in [-0.15, -0.1) is 0 Å². The van der Waals surface area contributed by atoms with Gasteiger partial charge in [-0.05, 0) is 75.9 Å². The smallest absolute Gasteiger partial charge is 0.143 e. The predicted octanol–water partition coefficient (Wildman–Crippen LogP) is 3.59. The molecule has 2 aliphatic rings. The standard InChI is InChI=1S/C15H20Br2N2O/c1-10-7-18-4-2-3-12(18)9-19(10)8-11-5-13(16)15(20)14(17)6-11/h5-6,10,12,20H,2-4,7-9H2,1H3. The maximum Gasteiger partial charge on any atom is 0.143 e. The van der Waals surface area contributed by atoms with Crippen LogP contribution in [0.15, 0.2) is 21.1 Å². The van der Waals surface area contributed by atoms with Crippen LogP contribution in [0.1, 0.15) is 25.3 Å². The molecule has 2 atom stereocenters. The average Bonchev–Trinajstić information content (AvgIpc) is 2.83. The first-order valence-corrected chi connectivity index (χ1v) is 8.78. The zero-order valence-electron chi connectivity index (χ0n) is 11.6. The SMILES string of the molecule is CC1CN2CCCC2CN1Cc1cc(Br)c(O)c(Br)c1. The van der Waals surface area contributed by atoms with Crippen molar-refractivity contribution in [1.29, 1.82) is 0 Å². The number of benzene rings is 1. The number of rotatable bonds is 2. The molecule has 1 N–H and O–H groups in total. The number of halogens is 2. The van der Waals surface area contributed by atoms with Crippen LogP contribution in [0.25, 0.3) is 0 Å². The highest BCUT2D eigenvalue weighted by Gasteiger charge is 2.34. The summed E-state index contributed by atoms with van der Waals surface area (Å²) in [5.41, 5.74) is 1.24. The third-order valence-electron chi connectivity index (χ3n) is 4.53. The number of aromatic hydroxyl groups is 1. The summed E-state index contributed by atoms with van der Waals surface area (Å²) in [6, 6.07) is 5.38. The van der Waals surface area contributed by atoms with E-state index < -0.39 is 0 Å². The summed E-state index contributed by atoms with van der Waals surface area (Å²) in [6.45, 7) is 6.89. The van der Waals surface area contributed by atoms with Gasteiger partial charge in [-0.3, -0.25) is 9.80 Å². The molecule has 2 unspecified atom stereocenters. The first-order chi connectivity index (χ1) is 9.54. The topological polar surface area (TPSA) is 26.7 Å².